The fraction of sp³-hybridized carbons (Fsp3) is 0.333. The van der Waals surface area contributed by atoms with Gasteiger partial charge in [-0.25, -0.2) is 8.42 Å². The van der Waals surface area contributed by atoms with Gasteiger partial charge < -0.3 is 4.57 Å². The van der Waals surface area contributed by atoms with E-state index in [2.05, 4.69) is 20.9 Å². The van der Waals surface area contributed by atoms with Gasteiger partial charge in [0.25, 0.3) is 15.9 Å². The summed E-state index contributed by atoms with van der Waals surface area (Å²) in [5, 5.41) is 0. The molecule has 0 spiro atoms. The standard InChI is InChI=1S/C18H17BrClN3O3S3/c1-22-16-12(19)3-2-4-13(16)27-18(22)21-17(24)11-7-9-23(10-8-11)29(25,26)15-6-5-14(20)28-15/h2-6,11H,7-10H2,1H3. The van der Waals surface area contributed by atoms with Gasteiger partial charge in [0.2, 0.25) is 0 Å². The monoisotopic (exact) mass is 533 g/mol. The third-order valence-electron chi connectivity index (χ3n) is 4.93. The lowest BCUT2D eigenvalue weighted by atomic mass is 9.98. The molecule has 1 aliphatic rings. The second-order valence-corrected chi connectivity index (χ2v) is 12.5. The molecule has 1 saturated heterocycles. The fourth-order valence-electron chi connectivity index (χ4n) is 3.36. The lowest BCUT2D eigenvalue weighted by Crippen LogP contribution is -2.40. The van der Waals surface area contributed by atoms with E-state index in [-0.39, 0.29) is 16.0 Å². The summed E-state index contributed by atoms with van der Waals surface area (Å²) >= 11 is 11.9. The third kappa shape index (κ3) is 4.11. The van der Waals surface area contributed by atoms with Crippen LogP contribution in [0.3, 0.4) is 0 Å². The highest BCUT2D eigenvalue weighted by molar-refractivity contribution is 9.10. The number of halogens is 2. The van der Waals surface area contributed by atoms with Crippen LogP contribution in [0.25, 0.3) is 10.2 Å². The molecule has 11 heteroatoms. The predicted octanol–water partition coefficient (Wildman–Crippen LogP) is 4.25. The van der Waals surface area contributed by atoms with Gasteiger partial charge in [0.15, 0.2) is 4.80 Å². The highest BCUT2D eigenvalue weighted by Gasteiger charge is 2.33. The Morgan fingerprint density at radius 3 is 2.55 bits per heavy atom. The van der Waals surface area contributed by atoms with Crippen LogP contribution in [-0.4, -0.2) is 36.3 Å². The maximum absolute atomic E-state index is 12.7. The van der Waals surface area contributed by atoms with Gasteiger partial charge in [0.05, 0.1) is 14.6 Å². The Balaban J connectivity index is 1.51. The van der Waals surface area contributed by atoms with E-state index < -0.39 is 10.0 Å². The number of hydrogen-bond acceptors (Lipinski definition) is 5. The Morgan fingerprint density at radius 1 is 1.21 bits per heavy atom. The molecule has 29 heavy (non-hydrogen) atoms. The first-order chi connectivity index (χ1) is 13.8. The van der Waals surface area contributed by atoms with Crippen molar-refractivity contribution in [3.05, 3.63) is 43.9 Å². The molecule has 0 saturated carbocycles. The number of fused-ring (bicyclic) bond motifs is 1. The smallest absolute Gasteiger partial charge is 0.252 e. The number of rotatable bonds is 3. The lowest BCUT2D eigenvalue weighted by Gasteiger charge is -2.29. The highest BCUT2D eigenvalue weighted by atomic mass is 79.9. The highest BCUT2D eigenvalue weighted by Crippen LogP contribution is 2.31. The number of hydrogen-bond donors (Lipinski definition) is 0. The molecule has 0 aliphatic carbocycles. The summed E-state index contributed by atoms with van der Waals surface area (Å²) in [6.45, 7) is 0.599. The summed E-state index contributed by atoms with van der Waals surface area (Å²) in [5.41, 5.74) is 1.000. The van der Waals surface area contributed by atoms with E-state index in [4.69, 9.17) is 11.6 Å². The quantitative estimate of drug-likeness (QED) is 0.504. The largest absolute Gasteiger partial charge is 0.318 e. The van der Waals surface area contributed by atoms with Crippen molar-refractivity contribution in [2.24, 2.45) is 18.0 Å². The van der Waals surface area contributed by atoms with Gasteiger partial charge in [0.1, 0.15) is 4.21 Å². The topological polar surface area (TPSA) is 71.7 Å². The van der Waals surface area contributed by atoms with Crippen molar-refractivity contribution in [1.82, 2.24) is 8.87 Å². The van der Waals surface area contributed by atoms with Crippen LogP contribution < -0.4 is 4.80 Å². The van der Waals surface area contributed by atoms with Crippen molar-refractivity contribution >= 4 is 76.4 Å². The van der Waals surface area contributed by atoms with Crippen LogP contribution in [0.4, 0.5) is 0 Å². The number of para-hydroxylation sites is 1. The first kappa shape index (κ1) is 21.2. The maximum Gasteiger partial charge on any atom is 0.252 e. The molecule has 0 N–H and O–H groups in total. The fourth-order valence-corrected chi connectivity index (χ4v) is 8.28. The second-order valence-electron chi connectivity index (χ2n) is 6.72. The molecule has 0 bridgehead atoms. The second kappa shape index (κ2) is 8.24. The number of nitrogens with zero attached hydrogens (tertiary/aromatic N) is 3. The summed E-state index contributed by atoms with van der Waals surface area (Å²) in [5.74, 6) is -0.471. The number of benzene rings is 1. The molecular weight excluding hydrogens is 518 g/mol. The van der Waals surface area contributed by atoms with Crippen molar-refractivity contribution < 1.29 is 13.2 Å². The number of piperidine rings is 1. The summed E-state index contributed by atoms with van der Waals surface area (Å²) in [6, 6.07) is 9.00. The Morgan fingerprint density at radius 2 is 1.93 bits per heavy atom. The Kier molecular flexibility index (Phi) is 6.02. The van der Waals surface area contributed by atoms with E-state index in [9.17, 15) is 13.2 Å². The maximum atomic E-state index is 12.7. The molecule has 154 valence electrons. The van der Waals surface area contributed by atoms with Crippen molar-refractivity contribution in [2.75, 3.05) is 13.1 Å². The van der Waals surface area contributed by atoms with Crippen molar-refractivity contribution in [3.8, 4) is 0 Å². The molecule has 1 amide bonds. The van der Waals surface area contributed by atoms with Crippen LogP contribution in [0.1, 0.15) is 12.8 Å². The van der Waals surface area contributed by atoms with E-state index in [1.807, 2.05) is 29.8 Å². The van der Waals surface area contributed by atoms with Crippen LogP contribution in [0.15, 0.2) is 44.0 Å². The minimum Gasteiger partial charge on any atom is -0.318 e. The van der Waals surface area contributed by atoms with E-state index in [1.54, 1.807) is 6.07 Å². The van der Waals surface area contributed by atoms with Crippen LogP contribution in [0, 0.1) is 5.92 Å². The molecule has 0 unspecified atom stereocenters. The Bertz CT molecular complexity index is 1250. The number of aromatic nitrogens is 1. The molecule has 0 atom stereocenters. The average Bonchev–Trinajstić information content (AvgIpc) is 3.27. The lowest BCUT2D eigenvalue weighted by molar-refractivity contribution is -0.122. The van der Waals surface area contributed by atoms with Crippen LogP contribution in [0.2, 0.25) is 4.34 Å². The molecule has 4 rings (SSSR count). The van der Waals surface area contributed by atoms with Crippen LogP contribution in [0.5, 0.6) is 0 Å². The zero-order valence-electron chi connectivity index (χ0n) is 15.3. The summed E-state index contributed by atoms with van der Waals surface area (Å²) < 4.78 is 31.4. The molecular formula is C18H17BrClN3O3S3. The van der Waals surface area contributed by atoms with Crippen molar-refractivity contribution in [2.45, 2.75) is 17.1 Å². The van der Waals surface area contributed by atoms with Crippen LogP contribution >= 0.6 is 50.2 Å². The Labute approximate surface area is 189 Å². The molecule has 1 aromatic carbocycles. The number of carbonyl (C=O) groups is 1. The predicted molar refractivity (Wildman–Crippen MR) is 120 cm³/mol. The number of amides is 1. The first-order valence-electron chi connectivity index (χ1n) is 8.85. The normalized spacial score (nSPS) is 17.3. The van der Waals surface area contributed by atoms with E-state index in [0.717, 1.165) is 26.0 Å². The molecule has 2 aromatic heterocycles. The average molecular weight is 535 g/mol. The van der Waals surface area contributed by atoms with E-state index in [0.29, 0.717) is 35.1 Å². The molecule has 1 fully saturated rings. The zero-order valence-corrected chi connectivity index (χ0v) is 20.1. The number of aryl methyl sites for hydroxylation is 1. The molecule has 3 heterocycles. The van der Waals surface area contributed by atoms with Crippen LogP contribution in [-0.2, 0) is 21.9 Å². The van der Waals surface area contributed by atoms with Gasteiger partial charge in [-0.3, -0.25) is 4.79 Å². The molecule has 6 nitrogen and oxygen atoms in total. The van der Waals surface area contributed by atoms with Gasteiger partial charge in [-0.2, -0.15) is 9.30 Å². The molecule has 1 aliphatic heterocycles. The van der Waals surface area contributed by atoms with Gasteiger partial charge in [-0.05, 0) is 53.0 Å². The summed E-state index contributed by atoms with van der Waals surface area (Å²) in [7, 11) is -1.67. The molecule has 0 radical (unpaired) electrons. The van der Waals surface area contributed by atoms with Crippen molar-refractivity contribution in [3.63, 3.8) is 0 Å². The first-order valence-corrected chi connectivity index (χ1v) is 13.1. The summed E-state index contributed by atoms with van der Waals surface area (Å²) in [4.78, 5) is 17.7. The number of sulfonamides is 1. The van der Waals surface area contributed by atoms with E-state index >= 15 is 0 Å². The minimum absolute atomic E-state index is 0.195. The van der Waals surface area contributed by atoms with Gasteiger partial charge >= 0.3 is 0 Å². The third-order valence-corrected chi connectivity index (χ3v) is 10.3. The molecule has 3 aromatic rings. The van der Waals surface area contributed by atoms with Gasteiger partial charge in [-0.1, -0.05) is 29.0 Å². The Hall–Kier alpha value is -1.04. The minimum atomic E-state index is -3.56. The summed E-state index contributed by atoms with van der Waals surface area (Å²) in [6.07, 6.45) is 0.915. The zero-order chi connectivity index (χ0) is 20.8. The van der Waals surface area contributed by atoms with E-state index in [1.165, 1.54) is 21.7 Å². The number of carbonyl (C=O) groups excluding carboxylic acids is 1. The number of thiazole rings is 1. The van der Waals surface area contributed by atoms with Crippen molar-refractivity contribution in [1.29, 1.82) is 0 Å². The van der Waals surface area contributed by atoms with Gasteiger partial charge in [0, 0.05) is 30.5 Å². The number of thiophene rings is 1. The van der Waals surface area contributed by atoms with Gasteiger partial charge in [-0.15, -0.1) is 11.3 Å². The SMILES string of the molecule is Cn1c(=NC(=O)C2CCN(S(=O)(=O)c3ccc(Cl)s3)CC2)sc2cccc(Br)c21.